The van der Waals surface area contributed by atoms with Gasteiger partial charge in [-0.25, -0.2) is 4.68 Å². The summed E-state index contributed by atoms with van der Waals surface area (Å²) in [5.74, 6) is 0.342. The van der Waals surface area contributed by atoms with Crippen LogP contribution >= 0.6 is 11.3 Å². The molecule has 0 unspecified atom stereocenters. The number of thiazole rings is 1. The smallest absolute Gasteiger partial charge is 0.333 e. The minimum atomic E-state index is -0.440. The van der Waals surface area contributed by atoms with Gasteiger partial charge >= 0.3 is 10.6 Å². The second-order valence-electron chi connectivity index (χ2n) is 3.91. The van der Waals surface area contributed by atoms with Crippen molar-refractivity contribution in [2.24, 2.45) is 7.05 Å². The van der Waals surface area contributed by atoms with Gasteiger partial charge in [-0.2, -0.15) is 5.10 Å². The van der Waals surface area contributed by atoms with Crippen LogP contribution in [0.2, 0.25) is 0 Å². The molecular weight excluding hydrogens is 270 g/mol. The summed E-state index contributed by atoms with van der Waals surface area (Å²) in [4.78, 5) is 24.1. The van der Waals surface area contributed by atoms with Crippen molar-refractivity contribution in [3.05, 3.63) is 36.5 Å². The molecule has 0 spiro atoms. The van der Waals surface area contributed by atoms with Crippen molar-refractivity contribution < 1.29 is 4.92 Å². The number of hydrogen-bond donors (Lipinski definition) is 2. The van der Waals surface area contributed by atoms with E-state index in [4.69, 9.17) is 0 Å². The second kappa shape index (κ2) is 5.22. The molecular formula is C10H13N5O3S. The first-order valence-corrected chi connectivity index (χ1v) is 6.51. The molecule has 0 aliphatic carbocycles. The Balaban J connectivity index is 2.26. The van der Waals surface area contributed by atoms with Crippen LogP contribution in [0.1, 0.15) is 18.3 Å². The molecule has 8 nitrogen and oxygen atoms in total. The Morgan fingerprint density at radius 3 is 2.89 bits per heavy atom. The van der Waals surface area contributed by atoms with Crippen LogP contribution in [0.4, 0.5) is 11.5 Å². The van der Waals surface area contributed by atoms with Crippen molar-refractivity contribution in [1.82, 2.24) is 14.8 Å². The van der Waals surface area contributed by atoms with Crippen molar-refractivity contribution in [3.63, 3.8) is 0 Å². The monoisotopic (exact) mass is 283 g/mol. The average Bonchev–Trinajstić information content (AvgIpc) is 2.90. The molecule has 2 aromatic heterocycles. The molecule has 0 atom stereocenters. The summed E-state index contributed by atoms with van der Waals surface area (Å²) in [6.45, 7) is 2.12. The van der Waals surface area contributed by atoms with Gasteiger partial charge in [-0.15, -0.1) is 0 Å². The molecule has 102 valence electrons. The third-order valence-corrected chi connectivity index (χ3v) is 3.35. The Labute approximate surface area is 112 Å². The molecule has 0 aliphatic heterocycles. The number of nitrogens with zero attached hydrogens (tertiary/aromatic N) is 3. The Hall–Kier alpha value is -2.16. The van der Waals surface area contributed by atoms with E-state index < -0.39 is 4.92 Å². The van der Waals surface area contributed by atoms with Gasteiger partial charge in [-0.1, -0.05) is 18.3 Å². The molecule has 0 saturated carbocycles. The van der Waals surface area contributed by atoms with Gasteiger partial charge in [0.15, 0.2) is 0 Å². The first kappa shape index (κ1) is 13.3. The highest BCUT2D eigenvalue weighted by Crippen LogP contribution is 2.28. The fourth-order valence-corrected chi connectivity index (χ4v) is 2.36. The van der Waals surface area contributed by atoms with E-state index >= 15 is 0 Å². The number of anilines is 1. The summed E-state index contributed by atoms with van der Waals surface area (Å²) in [5, 5.41) is 19.8. The summed E-state index contributed by atoms with van der Waals surface area (Å²) in [6.07, 6.45) is 0.487. The molecule has 2 rings (SSSR count). The number of H-pyrrole nitrogens is 1. The zero-order valence-corrected chi connectivity index (χ0v) is 11.3. The van der Waals surface area contributed by atoms with Gasteiger partial charge in [0.05, 0.1) is 11.5 Å². The lowest BCUT2D eigenvalue weighted by Crippen LogP contribution is -2.07. The Bertz CT molecular complexity index is 656. The van der Waals surface area contributed by atoms with Crippen LogP contribution < -0.4 is 10.2 Å². The van der Waals surface area contributed by atoms with E-state index in [1.54, 1.807) is 12.4 Å². The lowest BCUT2D eigenvalue weighted by molar-refractivity contribution is -0.384. The fourth-order valence-electron chi connectivity index (χ4n) is 1.78. The van der Waals surface area contributed by atoms with Gasteiger partial charge in [-0.3, -0.25) is 14.9 Å². The Morgan fingerprint density at radius 1 is 1.63 bits per heavy atom. The van der Waals surface area contributed by atoms with Crippen LogP contribution in [-0.2, 0) is 20.0 Å². The molecule has 0 bridgehead atoms. The number of aromatic amines is 1. The predicted octanol–water partition coefficient (Wildman–Crippen LogP) is 1.25. The number of rotatable bonds is 5. The highest BCUT2D eigenvalue weighted by Gasteiger charge is 2.25. The molecule has 0 aromatic carbocycles. The molecule has 0 aliphatic rings. The number of aryl methyl sites for hydroxylation is 2. The predicted molar refractivity (Wildman–Crippen MR) is 71.5 cm³/mol. The van der Waals surface area contributed by atoms with E-state index in [0.717, 1.165) is 11.3 Å². The molecule has 0 amide bonds. The second-order valence-corrected chi connectivity index (χ2v) is 4.75. The molecule has 9 heteroatoms. The van der Waals surface area contributed by atoms with Crippen LogP contribution in [0.5, 0.6) is 0 Å². The summed E-state index contributed by atoms with van der Waals surface area (Å²) in [7, 11) is 1.64. The minimum absolute atomic E-state index is 0.0115. The van der Waals surface area contributed by atoms with Crippen molar-refractivity contribution in [1.29, 1.82) is 0 Å². The number of aromatic nitrogens is 3. The summed E-state index contributed by atoms with van der Waals surface area (Å²) in [6, 6.07) is 0. The molecule has 2 heterocycles. The normalized spacial score (nSPS) is 10.6. The van der Waals surface area contributed by atoms with Crippen LogP contribution in [0.15, 0.2) is 10.2 Å². The molecule has 0 radical (unpaired) electrons. The van der Waals surface area contributed by atoms with E-state index in [2.05, 4.69) is 15.4 Å². The summed E-state index contributed by atoms with van der Waals surface area (Å²) >= 11 is 1.06. The maximum atomic E-state index is 11.1. The number of hydrogen-bond acceptors (Lipinski definition) is 6. The zero-order chi connectivity index (χ0) is 14.0. The van der Waals surface area contributed by atoms with Crippen molar-refractivity contribution in [2.45, 2.75) is 19.9 Å². The van der Waals surface area contributed by atoms with E-state index in [1.165, 1.54) is 4.68 Å². The van der Waals surface area contributed by atoms with Crippen molar-refractivity contribution in [2.75, 3.05) is 5.32 Å². The first-order valence-electron chi connectivity index (χ1n) is 5.63. The first-order chi connectivity index (χ1) is 9.02. The van der Waals surface area contributed by atoms with Gasteiger partial charge in [0.25, 0.3) is 0 Å². The van der Waals surface area contributed by atoms with Crippen LogP contribution in [0.3, 0.4) is 0 Å². The standard InChI is InChI=1S/C10H13N5O3S/c1-3-7-8(15(17)18)9(14(2)13-7)11-4-6-5-19-10(16)12-6/h5,11H,3-4H2,1-2H3,(H,12,16). The Kier molecular flexibility index (Phi) is 3.65. The van der Waals surface area contributed by atoms with Crippen LogP contribution in [-0.4, -0.2) is 19.7 Å². The van der Waals surface area contributed by atoms with Gasteiger partial charge in [0, 0.05) is 18.1 Å². The highest BCUT2D eigenvalue weighted by atomic mass is 32.1. The third kappa shape index (κ3) is 2.65. The average molecular weight is 283 g/mol. The summed E-state index contributed by atoms with van der Waals surface area (Å²) < 4.78 is 1.45. The maximum absolute atomic E-state index is 11.1. The molecule has 0 saturated heterocycles. The number of nitrogens with one attached hydrogen (secondary N) is 2. The van der Waals surface area contributed by atoms with Gasteiger partial charge in [-0.05, 0) is 6.42 Å². The van der Waals surface area contributed by atoms with Crippen molar-refractivity contribution in [3.8, 4) is 0 Å². The van der Waals surface area contributed by atoms with Crippen LogP contribution in [0, 0.1) is 10.1 Å². The molecule has 0 fully saturated rings. The third-order valence-electron chi connectivity index (χ3n) is 2.63. The SMILES string of the molecule is CCc1nn(C)c(NCc2csc(=O)[nH]2)c1[N+](=O)[O-]. The zero-order valence-electron chi connectivity index (χ0n) is 10.5. The van der Waals surface area contributed by atoms with Crippen LogP contribution in [0.25, 0.3) is 0 Å². The summed E-state index contributed by atoms with van der Waals surface area (Å²) in [5.41, 5.74) is 1.11. The van der Waals surface area contributed by atoms with Crippen molar-refractivity contribution >= 4 is 22.8 Å². The maximum Gasteiger partial charge on any atom is 0.333 e. The fraction of sp³-hybridized carbons (Fsp3) is 0.400. The highest BCUT2D eigenvalue weighted by molar-refractivity contribution is 7.07. The molecule has 2 aromatic rings. The lowest BCUT2D eigenvalue weighted by Gasteiger charge is -2.04. The Morgan fingerprint density at radius 2 is 2.37 bits per heavy atom. The van der Waals surface area contributed by atoms with Gasteiger partial charge < -0.3 is 10.3 Å². The van der Waals surface area contributed by atoms with Gasteiger partial charge in [0.2, 0.25) is 5.82 Å². The quantitative estimate of drug-likeness (QED) is 0.634. The van der Waals surface area contributed by atoms with E-state index in [0.29, 0.717) is 30.2 Å². The lowest BCUT2D eigenvalue weighted by atomic mass is 10.3. The van der Waals surface area contributed by atoms with E-state index in [-0.39, 0.29) is 10.6 Å². The topological polar surface area (TPSA) is 106 Å². The van der Waals surface area contributed by atoms with E-state index in [1.807, 2.05) is 6.92 Å². The molecule has 2 N–H and O–H groups in total. The van der Waals surface area contributed by atoms with Gasteiger partial charge in [0.1, 0.15) is 5.69 Å². The largest absolute Gasteiger partial charge is 0.359 e. The van der Waals surface area contributed by atoms with E-state index in [9.17, 15) is 14.9 Å². The molecule has 19 heavy (non-hydrogen) atoms. The minimum Gasteiger partial charge on any atom is -0.359 e. The number of nitro groups is 1.